The number of carboxylic acids is 1. The van der Waals surface area contributed by atoms with Crippen LogP contribution in [-0.2, 0) is 17.6 Å². The van der Waals surface area contributed by atoms with Crippen LogP contribution in [0.3, 0.4) is 0 Å². The van der Waals surface area contributed by atoms with Crippen LogP contribution in [0.15, 0.2) is 41.8 Å². The van der Waals surface area contributed by atoms with Crippen LogP contribution in [0.2, 0.25) is 0 Å². The topological polar surface area (TPSA) is 54.4 Å². The predicted octanol–water partition coefficient (Wildman–Crippen LogP) is 4.75. The van der Waals surface area contributed by atoms with Crippen LogP contribution in [0.1, 0.15) is 52.9 Å². The van der Waals surface area contributed by atoms with E-state index in [1.807, 2.05) is 41.8 Å². The molecule has 0 atom stereocenters. The van der Waals surface area contributed by atoms with Gasteiger partial charge in [-0.1, -0.05) is 43.2 Å². The standard InChI is InChI=1S/C19H22O3S/c20-17(14-15-8-4-3-5-9-15)19-16(12-13-23-19)10-6-1-2-7-11-18(21)22/h3-5,8-9,12-13H,1-2,6-7,10-11,14H2,(H,21,22). The number of ketones is 1. The Morgan fingerprint density at radius 2 is 1.70 bits per heavy atom. The summed E-state index contributed by atoms with van der Waals surface area (Å²) in [5.74, 6) is -0.538. The van der Waals surface area contributed by atoms with Crippen molar-refractivity contribution in [3.63, 3.8) is 0 Å². The second-order valence-electron chi connectivity index (χ2n) is 5.67. The minimum absolute atomic E-state index is 0.187. The normalized spacial score (nSPS) is 10.6. The summed E-state index contributed by atoms with van der Waals surface area (Å²) in [6, 6.07) is 11.9. The fraction of sp³-hybridized carbons (Fsp3) is 0.368. The monoisotopic (exact) mass is 330 g/mol. The van der Waals surface area contributed by atoms with Crippen LogP contribution in [-0.4, -0.2) is 16.9 Å². The molecule has 0 amide bonds. The van der Waals surface area contributed by atoms with Crippen molar-refractivity contribution in [1.29, 1.82) is 0 Å². The molecule has 4 heteroatoms. The number of carbonyl (C=O) groups excluding carboxylic acids is 1. The average Bonchev–Trinajstić information content (AvgIpc) is 3.00. The molecule has 0 unspecified atom stereocenters. The molecule has 1 aromatic carbocycles. The van der Waals surface area contributed by atoms with Gasteiger partial charge in [-0.25, -0.2) is 0 Å². The molecule has 0 spiro atoms. The molecule has 0 bridgehead atoms. The molecule has 0 aliphatic carbocycles. The van der Waals surface area contributed by atoms with E-state index in [9.17, 15) is 9.59 Å². The Balaban J connectivity index is 1.80. The highest BCUT2D eigenvalue weighted by atomic mass is 32.1. The maximum Gasteiger partial charge on any atom is 0.303 e. The van der Waals surface area contributed by atoms with E-state index in [1.54, 1.807) is 0 Å². The number of hydrogen-bond donors (Lipinski definition) is 1. The number of Topliss-reactive ketones (excluding diaryl/α,β-unsaturated/α-hetero) is 1. The lowest BCUT2D eigenvalue weighted by Gasteiger charge is -2.04. The van der Waals surface area contributed by atoms with Crippen molar-refractivity contribution >= 4 is 23.1 Å². The van der Waals surface area contributed by atoms with Gasteiger partial charge in [-0.3, -0.25) is 9.59 Å². The molecule has 23 heavy (non-hydrogen) atoms. The van der Waals surface area contributed by atoms with Crippen molar-refractivity contribution in [3.05, 3.63) is 57.8 Å². The van der Waals surface area contributed by atoms with Crippen molar-refractivity contribution in [2.24, 2.45) is 0 Å². The van der Waals surface area contributed by atoms with Crippen LogP contribution >= 0.6 is 11.3 Å². The van der Waals surface area contributed by atoms with Crippen LogP contribution < -0.4 is 0 Å². The zero-order valence-electron chi connectivity index (χ0n) is 13.2. The third-order valence-electron chi connectivity index (χ3n) is 3.79. The average molecular weight is 330 g/mol. The first kappa shape index (κ1) is 17.4. The molecular weight excluding hydrogens is 308 g/mol. The number of unbranched alkanes of at least 4 members (excludes halogenated alkanes) is 3. The largest absolute Gasteiger partial charge is 0.481 e. The van der Waals surface area contributed by atoms with E-state index >= 15 is 0 Å². The summed E-state index contributed by atoms with van der Waals surface area (Å²) in [5, 5.41) is 10.6. The summed E-state index contributed by atoms with van der Waals surface area (Å²) in [7, 11) is 0. The van der Waals surface area contributed by atoms with Gasteiger partial charge in [0.1, 0.15) is 0 Å². The Bertz CT molecular complexity index is 631. The van der Waals surface area contributed by atoms with Gasteiger partial charge >= 0.3 is 5.97 Å². The minimum atomic E-state index is -0.725. The molecule has 0 saturated carbocycles. The van der Waals surface area contributed by atoms with E-state index in [0.29, 0.717) is 6.42 Å². The molecule has 2 rings (SSSR count). The van der Waals surface area contributed by atoms with Gasteiger partial charge in [0.25, 0.3) is 0 Å². The molecule has 0 aliphatic heterocycles. The molecular formula is C19H22O3S. The number of benzene rings is 1. The molecule has 122 valence electrons. The number of rotatable bonds is 10. The van der Waals surface area contributed by atoms with Crippen LogP contribution in [0, 0.1) is 0 Å². The first-order valence-corrected chi connectivity index (χ1v) is 8.90. The minimum Gasteiger partial charge on any atom is -0.481 e. The highest BCUT2D eigenvalue weighted by Gasteiger charge is 2.13. The molecule has 1 aromatic heterocycles. The van der Waals surface area contributed by atoms with Gasteiger partial charge in [-0.05, 0) is 41.8 Å². The molecule has 2 aromatic rings. The van der Waals surface area contributed by atoms with E-state index in [-0.39, 0.29) is 12.2 Å². The molecule has 1 heterocycles. The third-order valence-corrected chi connectivity index (χ3v) is 4.79. The fourth-order valence-electron chi connectivity index (χ4n) is 2.58. The van der Waals surface area contributed by atoms with Crippen LogP contribution in [0.4, 0.5) is 0 Å². The Morgan fingerprint density at radius 1 is 0.957 bits per heavy atom. The van der Waals surface area contributed by atoms with Crippen molar-refractivity contribution in [3.8, 4) is 0 Å². The number of hydrogen-bond acceptors (Lipinski definition) is 3. The van der Waals surface area contributed by atoms with E-state index in [1.165, 1.54) is 11.3 Å². The van der Waals surface area contributed by atoms with Crippen LogP contribution in [0.5, 0.6) is 0 Å². The second-order valence-corrected chi connectivity index (χ2v) is 6.58. The summed E-state index contributed by atoms with van der Waals surface area (Å²) in [6.07, 6.45) is 5.28. The van der Waals surface area contributed by atoms with Gasteiger partial charge in [0, 0.05) is 12.8 Å². The zero-order valence-corrected chi connectivity index (χ0v) is 14.0. The fourth-order valence-corrected chi connectivity index (χ4v) is 3.48. The van der Waals surface area contributed by atoms with E-state index in [2.05, 4.69) is 0 Å². The van der Waals surface area contributed by atoms with Gasteiger partial charge in [-0.2, -0.15) is 0 Å². The Hall–Kier alpha value is -1.94. The van der Waals surface area contributed by atoms with Gasteiger partial charge in [-0.15, -0.1) is 11.3 Å². The van der Waals surface area contributed by atoms with Crippen molar-refractivity contribution in [2.45, 2.75) is 44.9 Å². The summed E-state index contributed by atoms with van der Waals surface area (Å²) in [6.45, 7) is 0. The third kappa shape index (κ3) is 5.99. The molecule has 0 radical (unpaired) electrons. The lowest BCUT2D eigenvalue weighted by molar-refractivity contribution is -0.137. The van der Waals surface area contributed by atoms with Crippen LogP contribution in [0.25, 0.3) is 0 Å². The summed E-state index contributed by atoms with van der Waals surface area (Å²) >= 11 is 1.52. The number of thiophene rings is 1. The Labute approximate surface area is 141 Å². The smallest absolute Gasteiger partial charge is 0.303 e. The zero-order chi connectivity index (χ0) is 16.5. The van der Waals surface area contributed by atoms with E-state index in [0.717, 1.165) is 48.1 Å². The summed E-state index contributed by atoms with van der Waals surface area (Å²) in [5.41, 5.74) is 2.18. The number of aryl methyl sites for hydroxylation is 1. The first-order chi connectivity index (χ1) is 11.2. The second kappa shape index (κ2) is 9.26. The first-order valence-electron chi connectivity index (χ1n) is 8.02. The highest BCUT2D eigenvalue weighted by molar-refractivity contribution is 7.12. The molecule has 0 aliphatic rings. The van der Waals surface area contributed by atoms with Gasteiger partial charge in [0.2, 0.25) is 0 Å². The maximum atomic E-state index is 12.5. The van der Waals surface area contributed by atoms with Crippen molar-refractivity contribution in [1.82, 2.24) is 0 Å². The number of carbonyl (C=O) groups is 2. The highest BCUT2D eigenvalue weighted by Crippen LogP contribution is 2.22. The lowest BCUT2D eigenvalue weighted by atomic mass is 10.0. The molecule has 0 saturated heterocycles. The molecule has 1 N–H and O–H groups in total. The Morgan fingerprint density at radius 3 is 2.43 bits per heavy atom. The molecule has 0 fully saturated rings. The van der Waals surface area contributed by atoms with Crippen molar-refractivity contribution < 1.29 is 14.7 Å². The predicted molar refractivity (Wildman–Crippen MR) is 93.2 cm³/mol. The summed E-state index contributed by atoms with van der Waals surface area (Å²) < 4.78 is 0. The van der Waals surface area contributed by atoms with Gasteiger partial charge < -0.3 is 5.11 Å². The molecule has 3 nitrogen and oxygen atoms in total. The number of aliphatic carboxylic acids is 1. The van der Waals surface area contributed by atoms with Crippen molar-refractivity contribution in [2.75, 3.05) is 0 Å². The maximum absolute atomic E-state index is 12.5. The Kier molecular flexibility index (Phi) is 7.01. The van der Waals surface area contributed by atoms with E-state index < -0.39 is 5.97 Å². The van der Waals surface area contributed by atoms with Gasteiger partial charge in [0.15, 0.2) is 5.78 Å². The SMILES string of the molecule is O=C(O)CCCCCCc1ccsc1C(=O)Cc1ccccc1. The van der Waals surface area contributed by atoms with E-state index in [4.69, 9.17) is 5.11 Å². The quantitative estimate of drug-likeness (QED) is 0.505. The number of carboxylic acid groups (broad SMARTS) is 1. The lowest BCUT2D eigenvalue weighted by Crippen LogP contribution is -2.04. The summed E-state index contributed by atoms with van der Waals surface area (Å²) in [4.78, 5) is 23.8. The van der Waals surface area contributed by atoms with Gasteiger partial charge in [0.05, 0.1) is 4.88 Å².